The quantitative estimate of drug-likeness (QED) is 0.166. The molecule has 16 aromatic rings. The Morgan fingerprint density at radius 2 is 0.486 bits per heavy atom. The average molecular weight is 923 g/mol. The molecule has 12 aromatic carbocycles. The molecule has 0 saturated carbocycles. The number of nitrogens with zero attached hydrogens (tertiary/aromatic N) is 2. The van der Waals surface area contributed by atoms with Crippen molar-refractivity contribution in [1.82, 2.24) is 0 Å². The highest BCUT2D eigenvalue weighted by atomic mass is 16.3. The summed E-state index contributed by atoms with van der Waals surface area (Å²) in [6, 6.07) is 81.1. The number of anilines is 6. The van der Waals surface area contributed by atoms with Crippen molar-refractivity contribution in [2.75, 3.05) is 9.80 Å². The minimum absolute atomic E-state index is 0.809. The summed E-state index contributed by atoms with van der Waals surface area (Å²) < 4.78 is 26.6. The Bertz CT molecular complexity index is 4580. The summed E-state index contributed by atoms with van der Waals surface area (Å²) in [7, 11) is 0. The SMILES string of the molecule is c1ccc(N(c2ccc3c(c2)oc2ccc4ccccc4c23)c2ccc3c(c2)oc2ccc4c(ccc5oc6cc(N(c7ccccc7)c7ccc8c(c7)oc7ccc9ccccc9c78)ccc6c54)c23)cc1. The van der Waals surface area contributed by atoms with Gasteiger partial charge in [0.25, 0.3) is 0 Å². The van der Waals surface area contributed by atoms with Crippen molar-refractivity contribution < 1.29 is 17.7 Å². The van der Waals surface area contributed by atoms with Crippen molar-refractivity contribution >= 4 is 154 Å². The Balaban J connectivity index is 0.807. The highest BCUT2D eigenvalue weighted by Crippen LogP contribution is 2.47. The van der Waals surface area contributed by atoms with Gasteiger partial charge in [-0.05, 0) is 142 Å². The van der Waals surface area contributed by atoms with Gasteiger partial charge in [-0.15, -0.1) is 0 Å². The van der Waals surface area contributed by atoms with Crippen molar-refractivity contribution in [3.8, 4) is 0 Å². The Morgan fingerprint density at radius 3 is 0.847 bits per heavy atom. The second-order valence-corrected chi connectivity index (χ2v) is 18.8. The van der Waals surface area contributed by atoms with E-state index in [1.54, 1.807) is 0 Å². The van der Waals surface area contributed by atoms with Gasteiger partial charge in [0.15, 0.2) is 0 Å². The van der Waals surface area contributed by atoms with Gasteiger partial charge < -0.3 is 27.5 Å². The minimum Gasteiger partial charge on any atom is -0.456 e. The van der Waals surface area contributed by atoms with Crippen LogP contribution in [0.3, 0.4) is 0 Å². The second-order valence-electron chi connectivity index (χ2n) is 18.8. The Hall–Kier alpha value is -9.78. The summed E-state index contributed by atoms with van der Waals surface area (Å²) in [5.41, 5.74) is 12.7. The van der Waals surface area contributed by atoms with Crippen LogP contribution in [0.1, 0.15) is 0 Å². The maximum Gasteiger partial charge on any atom is 0.137 e. The molecule has 4 heterocycles. The highest BCUT2D eigenvalue weighted by Gasteiger charge is 2.22. The number of furan rings is 4. The van der Waals surface area contributed by atoms with Crippen molar-refractivity contribution in [3.05, 3.63) is 231 Å². The third-order valence-corrected chi connectivity index (χ3v) is 14.8. The number of para-hydroxylation sites is 2. The van der Waals surface area contributed by atoms with E-state index in [1.165, 1.54) is 21.5 Å². The van der Waals surface area contributed by atoms with Crippen LogP contribution in [0, 0.1) is 0 Å². The lowest BCUT2D eigenvalue weighted by molar-refractivity contribution is 0.668. The van der Waals surface area contributed by atoms with Crippen LogP contribution in [0.15, 0.2) is 248 Å². The molecule has 0 fully saturated rings. The van der Waals surface area contributed by atoms with Crippen LogP contribution in [0.2, 0.25) is 0 Å². The van der Waals surface area contributed by atoms with Gasteiger partial charge in [0, 0.05) is 101 Å². The maximum atomic E-state index is 6.76. The van der Waals surface area contributed by atoms with E-state index in [-0.39, 0.29) is 0 Å². The van der Waals surface area contributed by atoms with Crippen molar-refractivity contribution in [3.63, 3.8) is 0 Å². The first kappa shape index (κ1) is 39.1. The van der Waals surface area contributed by atoms with Gasteiger partial charge in [-0.2, -0.15) is 0 Å². The van der Waals surface area contributed by atoms with Crippen LogP contribution in [0.25, 0.3) is 120 Å². The molecule has 0 atom stereocenters. The number of hydrogen-bond donors (Lipinski definition) is 0. The molecule has 0 N–H and O–H groups in total. The molecule has 16 rings (SSSR count). The Labute approximate surface area is 410 Å². The molecule has 336 valence electrons. The fourth-order valence-corrected chi connectivity index (χ4v) is 11.6. The molecule has 6 heteroatoms. The lowest BCUT2D eigenvalue weighted by Crippen LogP contribution is -2.09. The normalized spacial score (nSPS) is 12.2. The Morgan fingerprint density at radius 1 is 0.194 bits per heavy atom. The van der Waals surface area contributed by atoms with Gasteiger partial charge in [-0.3, -0.25) is 0 Å². The lowest BCUT2D eigenvalue weighted by atomic mass is 9.99. The van der Waals surface area contributed by atoms with E-state index in [2.05, 4.69) is 228 Å². The smallest absolute Gasteiger partial charge is 0.137 e. The first-order chi connectivity index (χ1) is 35.7. The van der Waals surface area contributed by atoms with Crippen LogP contribution in [0.5, 0.6) is 0 Å². The first-order valence-electron chi connectivity index (χ1n) is 24.3. The molecule has 0 aliphatic rings. The third kappa shape index (κ3) is 5.72. The van der Waals surface area contributed by atoms with Gasteiger partial charge >= 0.3 is 0 Å². The van der Waals surface area contributed by atoms with E-state index >= 15 is 0 Å². The first-order valence-corrected chi connectivity index (χ1v) is 24.3. The van der Waals surface area contributed by atoms with Gasteiger partial charge in [0.2, 0.25) is 0 Å². The summed E-state index contributed by atoms with van der Waals surface area (Å²) in [5, 5.41) is 15.7. The Kier molecular flexibility index (Phi) is 8.07. The number of benzene rings is 12. The van der Waals surface area contributed by atoms with Crippen LogP contribution < -0.4 is 9.80 Å². The van der Waals surface area contributed by atoms with Gasteiger partial charge in [-0.1, -0.05) is 97.1 Å². The molecule has 72 heavy (non-hydrogen) atoms. The number of fused-ring (bicyclic) bond motifs is 19. The third-order valence-electron chi connectivity index (χ3n) is 14.8. The predicted molar refractivity (Wildman–Crippen MR) is 297 cm³/mol. The van der Waals surface area contributed by atoms with Crippen LogP contribution >= 0.6 is 0 Å². The summed E-state index contributed by atoms with van der Waals surface area (Å²) in [5.74, 6) is 0. The second kappa shape index (κ2) is 14.9. The standard InChI is InChI=1S/C66H38N2O4/c1-3-13-41(14-4-1)67(43-21-25-51-59(35-43)69-55-31-19-39-11-7-9-17-47(39)63(51)55)45-23-27-53-61(37-45)71-57-33-29-50-49(65(53)57)30-34-58-66(50)54-28-24-46(38-62(54)72-58)68(42-15-5-2-6-16-42)44-22-26-52-60(36-44)70-56-32-20-40-12-8-10-18-48(40)64(52)56/h1-38H. The van der Waals surface area contributed by atoms with E-state index in [0.717, 1.165) is 133 Å². The zero-order chi connectivity index (χ0) is 47.0. The molecule has 0 spiro atoms. The molecule has 0 unspecified atom stereocenters. The fraction of sp³-hybridized carbons (Fsp3) is 0. The molecular formula is C66H38N2O4. The summed E-state index contributed by atoms with van der Waals surface area (Å²) in [4.78, 5) is 4.53. The van der Waals surface area contributed by atoms with E-state index in [9.17, 15) is 0 Å². The molecule has 0 bridgehead atoms. The zero-order valence-electron chi connectivity index (χ0n) is 38.5. The molecule has 0 amide bonds. The van der Waals surface area contributed by atoms with Gasteiger partial charge in [0.1, 0.15) is 44.7 Å². The topological polar surface area (TPSA) is 59.0 Å². The highest BCUT2D eigenvalue weighted by molar-refractivity contribution is 6.28. The fourth-order valence-electron chi connectivity index (χ4n) is 11.6. The molecule has 0 aliphatic heterocycles. The number of hydrogen-bond acceptors (Lipinski definition) is 6. The molecule has 0 aliphatic carbocycles. The molecule has 6 nitrogen and oxygen atoms in total. The van der Waals surface area contributed by atoms with Crippen molar-refractivity contribution in [1.29, 1.82) is 0 Å². The lowest BCUT2D eigenvalue weighted by Gasteiger charge is -2.25. The largest absolute Gasteiger partial charge is 0.456 e. The number of rotatable bonds is 6. The van der Waals surface area contributed by atoms with Crippen LogP contribution in [0.4, 0.5) is 34.1 Å². The summed E-state index contributed by atoms with van der Waals surface area (Å²) in [6.07, 6.45) is 0. The van der Waals surface area contributed by atoms with Crippen LogP contribution in [-0.4, -0.2) is 0 Å². The molecular weight excluding hydrogens is 885 g/mol. The molecule has 0 radical (unpaired) electrons. The molecule has 4 aromatic heterocycles. The predicted octanol–water partition coefficient (Wildman–Crippen LogP) is 19.7. The van der Waals surface area contributed by atoms with Crippen LogP contribution in [-0.2, 0) is 0 Å². The van der Waals surface area contributed by atoms with Crippen molar-refractivity contribution in [2.24, 2.45) is 0 Å². The monoisotopic (exact) mass is 922 g/mol. The van der Waals surface area contributed by atoms with E-state index < -0.39 is 0 Å². The van der Waals surface area contributed by atoms with Crippen molar-refractivity contribution in [2.45, 2.75) is 0 Å². The summed E-state index contributed by atoms with van der Waals surface area (Å²) in [6.45, 7) is 0. The zero-order valence-corrected chi connectivity index (χ0v) is 38.5. The van der Waals surface area contributed by atoms with E-state index in [1.807, 2.05) is 12.1 Å². The summed E-state index contributed by atoms with van der Waals surface area (Å²) >= 11 is 0. The maximum absolute atomic E-state index is 6.76. The molecule has 0 saturated heterocycles. The van der Waals surface area contributed by atoms with E-state index in [4.69, 9.17) is 17.7 Å². The van der Waals surface area contributed by atoms with Gasteiger partial charge in [-0.25, -0.2) is 0 Å². The minimum atomic E-state index is 0.809. The van der Waals surface area contributed by atoms with E-state index in [0.29, 0.717) is 0 Å². The average Bonchev–Trinajstić information content (AvgIpc) is 4.21. The van der Waals surface area contributed by atoms with Gasteiger partial charge in [0.05, 0.1) is 0 Å².